The Morgan fingerprint density at radius 3 is 0.860 bits per heavy atom. The summed E-state index contributed by atoms with van der Waals surface area (Å²) in [6.07, 6.45) is 13.5. The maximum Gasteiger partial charge on any atom is 0.271 e. The first-order valence-corrected chi connectivity index (χ1v) is 56.3. The molecule has 143 heavy (non-hydrogen) atoms. The second kappa shape index (κ2) is 51.8. The van der Waals surface area contributed by atoms with Gasteiger partial charge in [-0.2, -0.15) is 26.0 Å². The van der Waals surface area contributed by atoms with E-state index in [0.29, 0.717) is 53.8 Å². The van der Waals surface area contributed by atoms with Gasteiger partial charge in [-0.15, -0.1) is 58.8 Å². The molecular formula is C77H80N32O21S13. The highest BCUT2D eigenvalue weighted by molar-refractivity contribution is 8.00. The Bertz CT molecular complexity index is 7950. The number of rotatable bonds is 29. The fraction of sp³-hybridized carbons (Fsp3) is 0.156. The molecule has 1 aliphatic carbocycles. The SMILES string of the molecule is CCSc1nc(SC)c(C#N)c(=O)[nH]1.CS(=O)c1nc(Nc2ccc(S(N)(=O)=O)cc2)[nH]c(=O)c1C#N.CSc1nc(Nc2ccc(S(N)(=O)=O)cc2)[nH]c(=O)c1C#N.CSc1nc(Nc2ccc(S(N)(=O)=O)cc2)[nH]c(=O)c1C(N)=O.CSc1nc(Nc2ccc(S(N)(=O)=O)cc2)[nH]c(=O)c1C(N)=O.CSc1nc(SC)c(C#N)c(=O)[nH]1.NC(=O)c1c(NC2CC2)nc(Nc2ccc(S(N)(=O)=O)cc2)[nH]c1=O. The number of amides is 3. The minimum Gasteiger partial charge on any atom is -0.366 e. The standard InChI is InChI=1S/C14H16N6O4S.C12H11N5O4S2.2C12H13N5O4S2.C12H11N5O3S2.C8H9N3OS2.C7H7N3OS2/c15-11(21)10-12(17-7-1-2-7)19-14(20-13(10)22)18-8-3-5-9(6-4-8)25(16,23)24;1-22(19)11-9(6-13)10(18)16-12(17-11)15-7-2-4-8(5-3-7)23(14,20)21;2*1-22-11-8(9(13)18)10(19)16-12(17-11)15-6-2-4-7(5-3-6)23(14,20)21;1-21-11-9(6-13)10(18)16-12(17-11)15-7-2-4-8(5-3-7)22(14,19)20;1-3-14-8-10-6(12)5(4-9)7(11-8)13-2;1-12-6-4(3-8)5(11)9-7(10-6)13-2/h3-7H,1-2H2,(H2,15,21)(H2,16,23,24)(H3,17,18,19,20,22);2-5H,1H3,(H2,14,20,21)(H2,15,16,17,18);2*2-5H,1H3,(H2,13,18)(H2,14,20,21)(H2,15,16,17,19);2-5H,1H3,(H2,14,19,20)(H2,15,16,17,18);3H2,1-2H3,(H,10,11,12);1-2H3,(H,9,10,11). The highest BCUT2D eigenvalue weighted by Crippen LogP contribution is 2.29. The first-order chi connectivity index (χ1) is 67.2. The molecule has 66 heteroatoms. The molecule has 1 atom stereocenters. The summed E-state index contributed by atoms with van der Waals surface area (Å²) in [7, 11) is -20.5. The topological polar surface area (TPSA) is 935 Å². The molecule has 7 aromatic heterocycles. The largest absolute Gasteiger partial charge is 0.366 e. The second-order valence-corrected chi connectivity index (χ2v) is 42.3. The number of benzene rings is 5. The lowest BCUT2D eigenvalue weighted by atomic mass is 10.3. The van der Waals surface area contributed by atoms with Gasteiger partial charge in [-0.1, -0.05) is 30.4 Å². The number of thioether (sulfide) groups is 7. The van der Waals surface area contributed by atoms with Crippen molar-refractivity contribution in [3.63, 3.8) is 0 Å². The first-order valence-electron chi connectivity index (χ1n) is 38.7. The van der Waals surface area contributed by atoms with Gasteiger partial charge in [-0.3, -0.25) is 77.1 Å². The summed E-state index contributed by atoms with van der Waals surface area (Å²) >= 11 is 8.77. The third-order valence-corrected chi connectivity index (χ3v) is 27.5. The summed E-state index contributed by atoms with van der Waals surface area (Å²) in [5, 5.41) is 79.8. The Balaban J connectivity index is 0.000000229. The molecule has 53 nitrogen and oxygen atoms in total. The van der Waals surface area contributed by atoms with Gasteiger partial charge in [-0.25, -0.2) is 97.7 Å². The number of hydrogen-bond donors (Lipinski definition) is 21. The van der Waals surface area contributed by atoms with Gasteiger partial charge in [0.15, 0.2) is 20.9 Å². The second-order valence-electron chi connectivity index (χ2n) is 27.2. The first kappa shape index (κ1) is 116. The maximum absolute atomic E-state index is 12.1. The average Bonchev–Trinajstić information content (AvgIpc) is 1.73. The molecule has 752 valence electrons. The van der Waals surface area contributed by atoms with Gasteiger partial charge < -0.3 is 59.1 Å². The molecule has 12 aromatic rings. The number of primary amides is 3. The number of H-pyrrole nitrogens is 7. The van der Waals surface area contributed by atoms with Crippen molar-refractivity contribution < 1.29 is 60.7 Å². The highest BCUT2D eigenvalue weighted by Gasteiger charge is 2.27. The Kier molecular flexibility index (Phi) is 41.9. The summed E-state index contributed by atoms with van der Waals surface area (Å²) in [5.74, 6) is -1.27. The number of nitrogens with one attached hydrogen (secondary N) is 13. The van der Waals surface area contributed by atoms with Crippen LogP contribution in [0.1, 0.15) is 73.1 Å². The van der Waals surface area contributed by atoms with Crippen LogP contribution in [0.25, 0.3) is 0 Å². The fourth-order valence-corrected chi connectivity index (χ4v) is 17.6. The van der Waals surface area contributed by atoms with Gasteiger partial charge in [-0.05, 0) is 177 Å². The summed E-state index contributed by atoms with van der Waals surface area (Å²) < 4.78 is 123. The number of hydrogen-bond acceptors (Lipinski definition) is 45. The number of carbonyl (C=O) groups excluding carboxylic acids is 3. The zero-order valence-corrected chi connectivity index (χ0v) is 85.3. The van der Waals surface area contributed by atoms with E-state index < -0.39 is 106 Å². The predicted molar refractivity (Wildman–Crippen MR) is 540 cm³/mol. The summed E-state index contributed by atoms with van der Waals surface area (Å²) in [4.78, 5) is 162. The Morgan fingerprint density at radius 2 is 0.601 bits per heavy atom. The fourth-order valence-electron chi connectivity index (χ4n) is 10.6. The van der Waals surface area contributed by atoms with Crippen molar-refractivity contribution in [3.05, 3.63) is 233 Å². The van der Waals surface area contributed by atoms with Gasteiger partial charge in [0.25, 0.3) is 56.6 Å². The van der Waals surface area contributed by atoms with Crippen molar-refractivity contribution >= 4 is 225 Å². The van der Waals surface area contributed by atoms with E-state index in [1.54, 1.807) is 43.4 Å². The molecule has 0 saturated heterocycles. The van der Waals surface area contributed by atoms with E-state index in [1.165, 1.54) is 186 Å². The van der Waals surface area contributed by atoms with Crippen molar-refractivity contribution in [2.75, 3.05) is 81.4 Å². The molecule has 0 radical (unpaired) electrons. The van der Waals surface area contributed by atoms with Crippen LogP contribution in [0.3, 0.4) is 0 Å². The Hall–Kier alpha value is -14.4. The lowest BCUT2D eigenvalue weighted by Crippen LogP contribution is -2.28. The number of primary sulfonamides is 5. The van der Waals surface area contributed by atoms with E-state index in [9.17, 15) is 94.2 Å². The minimum atomic E-state index is -3.80. The molecule has 13 rings (SSSR count). The van der Waals surface area contributed by atoms with Gasteiger partial charge in [0, 0.05) is 40.7 Å². The molecule has 0 aliphatic heterocycles. The van der Waals surface area contributed by atoms with Crippen LogP contribution in [0.15, 0.2) is 220 Å². The van der Waals surface area contributed by atoms with Crippen LogP contribution in [-0.2, 0) is 60.9 Å². The van der Waals surface area contributed by atoms with Crippen LogP contribution in [0.4, 0.5) is 64.0 Å². The molecule has 7 heterocycles. The molecular weight excluding hydrogens is 2130 g/mol. The number of nitrogens with zero attached hydrogens (tertiary/aromatic N) is 11. The van der Waals surface area contributed by atoms with Gasteiger partial charge >= 0.3 is 0 Å². The number of sulfonamides is 5. The molecule has 1 unspecified atom stereocenters. The van der Waals surface area contributed by atoms with Gasteiger partial charge in [0.05, 0.1) is 35.3 Å². The van der Waals surface area contributed by atoms with E-state index in [0.717, 1.165) is 42.1 Å². The molecule has 0 spiro atoms. The van der Waals surface area contributed by atoms with E-state index in [1.807, 2.05) is 25.3 Å². The Labute approximate surface area is 841 Å². The lowest BCUT2D eigenvalue weighted by molar-refractivity contribution is 0.0986. The smallest absolute Gasteiger partial charge is 0.271 e. The quantitative estimate of drug-likeness (QED) is 0.0182. The third kappa shape index (κ3) is 33.9. The number of carbonyl (C=O) groups is 3. The summed E-state index contributed by atoms with van der Waals surface area (Å²) in [5.41, 5.74) is 13.0. The van der Waals surface area contributed by atoms with E-state index in [-0.39, 0.29) is 131 Å². The van der Waals surface area contributed by atoms with Crippen LogP contribution in [0.5, 0.6) is 0 Å². The zero-order valence-electron chi connectivity index (χ0n) is 74.7. The van der Waals surface area contributed by atoms with Crippen LogP contribution in [-0.4, -0.2) is 189 Å². The summed E-state index contributed by atoms with van der Waals surface area (Å²) in [6.45, 7) is 1.97. The van der Waals surface area contributed by atoms with Crippen molar-refractivity contribution in [1.29, 1.82) is 21.0 Å². The molecule has 1 saturated carbocycles. The predicted octanol–water partition coefficient (Wildman–Crippen LogP) is 2.88. The van der Waals surface area contributed by atoms with Crippen LogP contribution < -0.4 is 114 Å². The number of aromatic amines is 7. The highest BCUT2D eigenvalue weighted by atomic mass is 32.2. The number of aromatic nitrogens is 14. The summed E-state index contributed by atoms with van der Waals surface area (Å²) in [6, 6.07) is 34.9. The maximum atomic E-state index is 12.1. The molecule has 3 amide bonds. The normalized spacial score (nSPS) is 11.6. The molecule has 5 aromatic carbocycles. The van der Waals surface area contributed by atoms with Crippen LogP contribution in [0.2, 0.25) is 0 Å². The van der Waals surface area contributed by atoms with Crippen molar-refractivity contribution in [1.82, 2.24) is 69.8 Å². The zero-order chi connectivity index (χ0) is 107. The number of nitrogens with two attached hydrogens (primary N) is 8. The lowest BCUT2D eigenvalue weighted by Gasteiger charge is -2.11. The molecule has 1 fully saturated rings. The average molecular weight is 2210 g/mol. The van der Waals surface area contributed by atoms with Crippen molar-refractivity contribution in [2.24, 2.45) is 42.9 Å². The van der Waals surface area contributed by atoms with Gasteiger partial charge in [0.2, 0.25) is 79.9 Å². The van der Waals surface area contributed by atoms with Crippen molar-refractivity contribution in [2.45, 2.75) is 90.8 Å². The van der Waals surface area contributed by atoms with E-state index in [4.69, 9.17) is 63.9 Å². The molecule has 0 bridgehead atoms. The minimum absolute atomic E-state index is 0.0240. The van der Waals surface area contributed by atoms with Crippen LogP contribution >= 0.6 is 82.3 Å². The van der Waals surface area contributed by atoms with Gasteiger partial charge in [0.1, 0.15) is 88.6 Å². The van der Waals surface area contributed by atoms with E-state index in [2.05, 4.69) is 102 Å². The number of anilines is 11. The Morgan fingerprint density at radius 1 is 0.357 bits per heavy atom. The third-order valence-electron chi connectivity index (χ3n) is 17.2. The van der Waals surface area contributed by atoms with Crippen LogP contribution in [0, 0.1) is 45.3 Å². The monoisotopic (exact) mass is 2200 g/mol. The van der Waals surface area contributed by atoms with Crippen molar-refractivity contribution in [3.8, 4) is 24.3 Å². The molecule has 1 aliphatic rings. The van der Waals surface area contributed by atoms with E-state index >= 15 is 0 Å². The molecule has 29 N–H and O–H groups in total. The number of nitriles is 4.